The molecule has 0 atom stereocenters. The minimum atomic E-state index is -0.185. The standard InChI is InChI=1S/C19H23N7OS/c1-12-15(28-17(21-12)13-9-7-6-8-10-13)16(27)20-11-14-22-18(25(2)3)24-19(23-14)26(4)5/h6-10H,11H2,1-5H3,(H,20,27). The molecule has 0 radical (unpaired) electrons. The molecule has 2 heterocycles. The number of nitrogens with zero attached hydrogens (tertiary/aromatic N) is 6. The van der Waals surface area contributed by atoms with Crippen LogP contribution in [0.15, 0.2) is 30.3 Å². The van der Waals surface area contributed by atoms with Gasteiger partial charge in [-0.3, -0.25) is 4.79 Å². The van der Waals surface area contributed by atoms with Gasteiger partial charge in [0.15, 0.2) is 5.82 Å². The van der Waals surface area contributed by atoms with E-state index in [0.717, 1.165) is 10.6 Å². The second-order valence-electron chi connectivity index (χ2n) is 6.62. The Morgan fingerprint density at radius 3 is 2.14 bits per heavy atom. The van der Waals surface area contributed by atoms with Crippen LogP contribution in [0.4, 0.5) is 11.9 Å². The molecule has 0 aliphatic rings. The number of hydrogen-bond donors (Lipinski definition) is 1. The van der Waals surface area contributed by atoms with Crippen molar-refractivity contribution >= 4 is 29.1 Å². The number of thiazole rings is 1. The number of hydrogen-bond acceptors (Lipinski definition) is 8. The highest BCUT2D eigenvalue weighted by molar-refractivity contribution is 7.17. The Morgan fingerprint density at radius 2 is 1.57 bits per heavy atom. The molecule has 1 aromatic carbocycles. The first-order chi connectivity index (χ1) is 13.3. The third kappa shape index (κ3) is 4.42. The third-order valence-electron chi connectivity index (χ3n) is 3.89. The Morgan fingerprint density at radius 1 is 0.964 bits per heavy atom. The van der Waals surface area contributed by atoms with Gasteiger partial charge < -0.3 is 15.1 Å². The van der Waals surface area contributed by atoms with Crippen LogP contribution in [0.5, 0.6) is 0 Å². The molecule has 0 aliphatic heterocycles. The second kappa shape index (κ2) is 8.30. The first-order valence-corrected chi connectivity index (χ1v) is 9.57. The number of carbonyl (C=O) groups excluding carboxylic acids is 1. The molecule has 0 spiro atoms. The largest absolute Gasteiger partial charge is 0.347 e. The molecule has 28 heavy (non-hydrogen) atoms. The highest BCUT2D eigenvalue weighted by atomic mass is 32.1. The van der Waals surface area contributed by atoms with Crippen molar-refractivity contribution in [2.75, 3.05) is 38.0 Å². The Balaban J connectivity index is 1.77. The van der Waals surface area contributed by atoms with Crippen LogP contribution in [-0.2, 0) is 6.54 Å². The lowest BCUT2D eigenvalue weighted by Gasteiger charge is -2.16. The van der Waals surface area contributed by atoms with Crippen LogP contribution < -0.4 is 15.1 Å². The number of amides is 1. The predicted molar refractivity (Wildman–Crippen MR) is 112 cm³/mol. The topological polar surface area (TPSA) is 87.1 Å². The first kappa shape index (κ1) is 19.7. The SMILES string of the molecule is Cc1nc(-c2ccccc2)sc1C(=O)NCc1nc(N(C)C)nc(N(C)C)n1. The number of benzene rings is 1. The number of nitrogens with one attached hydrogen (secondary N) is 1. The van der Waals surface area contributed by atoms with Gasteiger partial charge >= 0.3 is 0 Å². The lowest BCUT2D eigenvalue weighted by atomic mass is 10.2. The maximum Gasteiger partial charge on any atom is 0.263 e. The Bertz CT molecular complexity index is 943. The van der Waals surface area contributed by atoms with Gasteiger partial charge in [-0.25, -0.2) is 4.98 Å². The maximum absolute atomic E-state index is 12.7. The van der Waals surface area contributed by atoms with E-state index < -0.39 is 0 Å². The molecule has 3 aromatic rings. The molecular formula is C19H23N7OS. The summed E-state index contributed by atoms with van der Waals surface area (Å²) in [6, 6.07) is 9.83. The van der Waals surface area contributed by atoms with E-state index in [2.05, 4.69) is 25.3 Å². The summed E-state index contributed by atoms with van der Waals surface area (Å²) >= 11 is 1.38. The number of carbonyl (C=O) groups is 1. The second-order valence-corrected chi connectivity index (χ2v) is 7.62. The van der Waals surface area contributed by atoms with E-state index in [1.165, 1.54) is 11.3 Å². The predicted octanol–water partition coefficient (Wildman–Crippen LogP) is 2.37. The molecular weight excluding hydrogens is 374 g/mol. The quantitative estimate of drug-likeness (QED) is 0.683. The Hall–Kier alpha value is -3.07. The van der Waals surface area contributed by atoms with Crippen LogP contribution in [0.3, 0.4) is 0 Å². The molecule has 0 saturated carbocycles. The van der Waals surface area contributed by atoms with E-state index in [9.17, 15) is 4.79 Å². The van der Waals surface area contributed by atoms with E-state index in [0.29, 0.717) is 28.3 Å². The van der Waals surface area contributed by atoms with Crippen molar-refractivity contribution in [3.8, 4) is 10.6 Å². The molecule has 146 valence electrons. The average molecular weight is 398 g/mol. The van der Waals surface area contributed by atoms with Crippen molar-refractivity contribution in [2.24, 2.45) is 0 Å². The van der Waals surface area contributed by atoms with Crippen molar-refractivity contribution in [3.05, 3.63) is 46.7 Å². The highest BCUT2D eigenvalue weighted by Crippen LogP contribution is 2.27. The average Bonchev–Trinajstić information content (AvgIpc) is 3.08. The summed E-state index contributed by atoms with van der Waals surface area (Å²) in [4.78, 5) is 34.6. The first-order valence-electron chi connectivity index (χ1n) is 8.76. The summed E-state index contributed by atoms with van der Waals surface area (Å²) < 4.78 is 0. The van der Waals surface area contributed by atoms with Gasteiger partial charge in [0.25, 0.3) is 5.91 Å². The van der Waals surface area contributed by atoms with E-state index in [-0.39, 0.29) is 12.5 Å². The van der Waals surface area contributed by atoms with Crippen molar-refractivity contribution in [3.63, 3.8) is 0 Å². The molecule has 1 amide bonds. The number of anilines is 2. The van der Waals surface area contributed by atoms with Gasteiger partial charge in [0.1, 0.15) is 9.88 Å². The van der Waals surface area contributed by atoms with E-state index in [1.54, 1.807) is 9.80 Å². The van der Waals surface area contributed by atoms with Gasteiger partial charge in [-0.1, -0.05) is 30.3 Å². The van der Waals surface area contributed by atoms with Gasteiger partial charge in [0.2, 0.25) is 11.9 Å². The number of aromatic nitrogens is 4. The fourth-order valence-corrected chi connectivity index (χ4v) is 3.41. The lowest BCUT2D eigenvalue weighted by molar-refractivity contribution is 0.0953. The normalized spacial score (nSPS) is 10.6. The molecule has 0 fully saturated rings. The molecule has 8 nitrogen and oxygen atoms in total. The summed E-state index contributed by atoms with van der Waals surface area (Å²) in [6.07, 6.45) is 0. The molecule has 0 unspecified atom stereocenters. The smallest absolute Gasteiger partial charge is 0.263 e. The molecule has 0 saturated heterocycles. The Labute approximate surface area is 168 Å². The lowest BCUT2D eigenvalue weighted by Crippen LogP contribution is -2.26. The number of rotatable bonds is 6. The molecule has 0 bridgehead atoms. The van der Waals surface area contributed by atoms with Gasteiger partial charge in [0, 0.05) is 33.8 Å². The molecule has 2 aromatic heterocycles. The molecule has 1 N–H and O–H groups in total. The summed E-state index contributed by atoms with van der Waals surface area (Å²) in [7, 11) is 7.46. The Kier molecular flexibility index (Phi) is 5.84. The zero-order valence-corrected chi connectivity index (χ0v) is 17.4. The minimum Gasteiger partial charge on any atom is -0.347 e. The zero-order valence-electron chi connectivity index (χ0n) is 16.6. The molecule has 9 heteroatoms. The van der Waals surface area contributed by atoms with Crippen molar-refractivity contribution in [2.45, 2.75) is 13.5 Å². The van der Waals surface area contributed by atoms with Crippen LogP contribution in [0.1, 0.15) is 21.2 Å². The van der Waals surface area contributed by atoms with Gasteiger partial charge in [-0.15, -0.1) is 11.3 Å². The summed E-state index contributed by atoms with van der Waals surface area (Å²) in [6.45, 7) is 2.05. The van der Waals surface area contributed by atoms with Crippen molar-refractivity contribution < 1.29 is 4.79 Å². The van der Waals surface area contributed by atoms with E-state index in [4.69, 9.17) is 0 Å². The third-order valence-corrected chi connectivity index (χ3v) is 5.09. The van der Waals surface area contributed by atoms with Gasteiger partial charge in [-0.05, 0) is 6.92 Å². The molecule has 0 aliphatic carbocycles. The monoisotopic (exact) mass is 397 g/mol. The highest BCUT2D eigenvalue weighted by Gasteiger charge is 2.17. The van der Waals surface area contributed by atoms with Crippen molar-refractivity contribution in [1.29, 1.82) is 0 Å². The van der Waals surface area contributed by atoms with Crippen LogP contribution >= 0.6 is 11.3 Å². The number of aryl methyl sites for hydroxylation is 1. The zero-order chi connectivity index (χ0) is 20.3. The molecule has 3 rings (SSSR count). The van der Waals surface area contributed by atoms with E-state index >= 15 is 0 Å². The van der Waals surface area contributed by atoms with Crippen LogP contribution in [0.25, 0.3) is 10.6 Å². The van der Waals surface area contributed by atoms with Gasteiger partial charge in [-0.2, -0.15) is 15.0 Å². The summed E-state index contributed by atoms with van der Waals surface area (Å²) in [5.74, 6) is 1.41. The van der Waals surface area contributed by atoms with Crippen LogP contribution in [-0.4, -0.2) is 54.0 Å². The summed E-state index contributed by atoms with van der Waals surface area (Å²) in [5.41, 5.74) is 1.71. The maximum atomic E-state index is 12.7. The minimum absolute atomic E-state index is 0.185. The van der Waals surface area contributed by atoms with E-state index in [1.807, 2.05) is 65.4 Å². The fourth-order valence-electron chi connectivity index (χ4n) is 2.43. The summed E-state index contributed by atoms with van der Waals surface area (Å²) in [5, 5.41) is 3.72. The van der Waals surface area contributed by atoms with Gasteiger partial charge in [0.05, 0.1) is 12.2 Å². The van der Waals surface area contributed by atoms with Crippen LogP contribution in [0.2, 0.25) is 0 Å². The van der Waals surface area contributed by atoms with Crippen LogP contribution in [0, 0.1) is 6.92 Å². The fraction of sp³-hybridized carbons (Fsp3) is 0.316. The van der Waals surface area contributed by atoms with Crippen molar-refractivity contribution in [1.82, 2.24) is 25.3 Å².